The van der Waals surface area contributed by atoms with Crippen LogP contribution in [0.1, 0.15) is 32.1 Å². The van der Waals surface area contributed by atoms with Gasteiger partial charge in [0.1, 0.15) is 0 Å². The molecule has 0 spiro atoms. The van der Waals surface area contributed by atoms with Crippen LogP contribution >= 0.6 is 11.6 Å². The molecule has 2 rings (SSSR count). The number of hydrogen-bond acceptors (Lipinski definition) is 4. The van der Waals surface area contributed by atoms with E-state index in [1.165, 1.54) is 43.5 Å². The van der Waals surface area contributed by atoms with Crippen LogP contribution in [0, 0.1) is 0 Å². The van der Waals surface area contributed by atoms with Gasteiger partial charge >= 0.3 is 0 Å². The van der Waals surface area contributed by atoms with Gasteiger partial charge in [-0.2, -0.15) is 0 Å². The normalized spacial score (nSPS) is 15.9. The molecule has 1 heterocycles. The zero-order valence-electron chi connectivity index (χ0n) is 14.3. The Morgan fingerprint density at radius 3 is 2.44 bits per heavy atom. The van der Waals surface area contributed by atoms with Gasteiger partial charge in [0.05, 0.1) is 4.90 Å². The fourth-order valence-corrected chi connectivity index (χ4v) is 3.98. The minimum absolute atomic E-state index is 0.0392. The SMILES string of the molecule is O=C(CCCN1CCCCC1)NCCNS(=O)(=O)c1ccc(Cl)cc1. The van der Waals surface area contributed by atoms with Gasteiger partial charge in [-0.25, -0.2) is 13.1 Å². The molecular weight excluding hydrogens is 362 g/mol. The lowest BCUT2D eigenvalue weighted by Crippen LogP contribution is -2.35. The highest BCUT2D eigenvalue weighted by Crippen LogP contribution is 2.13. The third kappa shape index (κ3) is 7.32. The molecule has 1 aliphatic rings. The first-order valence-electron chi connectivity index (χ1n) is 8.72. The van der Waals surface area contributed by atoms with E-state index in [4.69, 9.17) is 11.6 Å². The van der Waals surface area contributed by atoms with Crippen molar-refractivity contribution in [2.75, 3.05) is 32.7 Å². The number of piperidine rings is 1. The van der Waals surface area contributed by atoms with Crippen LogP contribution in [0.25, 0.3) is 0 Å². The molecule has 0 atom stereocenters. The Bertz CT molecular complexity index is 644. The molecule has 0 radical (unpaired) electrons. The maximum Gasteiger partial charge on any atom is 0.240 e. The molecule has 140 valence electrons. The Hall–Kier alpha value is -1.15. The lowest BCUT2D eigenvalue weighted by molar-refractivity contribution is -0.121. The number of nitrogens with one attached hydrogen (secondary N) is 2. The van der Waals surface area contributed by atoms with Crippen LogP contribution in [0.5, 0.6) is 0 Å². The monoisotopic (exact) mass is 387 g/mol. The third-order valence-electron chi connectivity index (χ3n) is 4.19. The molecule has 0 unspecified atom stereocenters. The van der Waals surface area contributed by atoms with Gasteiger partial charge in [0.2, 0.25) is 15.9 Å². The molecule has 0 aromatic heterocycles. The fraction of sp³-hybridized carbons (Fsp3) is 0.588. The number of carbonyl (C=O) groups is 1. The minimum Gasteiger partial charge on any atom is -0.355 e. The van der Waals surface area contributed by atoms with E-state index >= 15 is 0 Å². The van der Waals surface area contributed by atoms with E-state index in [2.05, 4.69) is 14.9 Å². The summed E-state index contributed by atoms with van der Waals surface area (Å²) >= 11 is 5.75. The van der Waals surface area contributed by atoms with E-state index in [9.17, 15) is 13.2 Å². The second kappa shape index (κ2) is 10.1. The lowest BCUT2D eigenvalue weighted by atomic mass is 10.1. The van der Waals surface area contributed by atoms with Crippen LogP contribution in [0.4, 0.5) is 0 Å². The summed E-state index contributed by atoms with van der Waals surface area (Å²) in [6, 6.07) is 5.95. The molecule has 1 aliphatic heterocycles. The molecule has 0 bridgehead atoms. The first kappa shape index (κ1) is 20.2. The Balaban J connectivity index is 1.59. The zero-order valence-corrected chi connectivity index (χ0v) is 15.9. The zero-order chi connectivity index (χ0) is 18.1. The highest BCUT2D eigenvalue weighted by molar-refractivity contribution is 7.89. The number of halogens is 1. The summed E-state index contributed by atoms with van der Waals surface area (Å²) in [4.78, 5) is 14.4. The van der Waals surface area contributed by atoms with Crippen LogP contribution in [0.2, 0.25) is 5.02 Å². The number of hydrogen-bond donors (Lipinski definition) is 2. The number of amides is 1. The van der Waals surface area contributed by atoms with Crippen molar-refractivity contribution in [3.8, 4) is 0 Å². The molecule has 2 N–H and O–H groups in total. The number of carbonyl (C=O) groups excluding carboxylic acids is 1. The molecule has 6 nitrogen and oxygen atoms in total. The third-order valence-corrected chi connectivity index (χ3v) is 5.92. The number of nitrogens with zero attached hydrogens (tertiary/aromatic N) is 1. The van der Waals surface area contributed by atoms with E-state index in [1.54, 1.807) is 0 Å². The van der Waals surface area contributed by atoms with Gasteiger partial charge in [0.15, 0.2) is 0 Å². The van der Waals surface area contributed by atoms with Gasteiger partial charge in [-0.1, -0.05) is 18.0 Å². The van der Waals surface area contributed by atoms with E-state index in [1.807, 2.05) is 0 Å². The van der Waals surface area contributed by atoms with Crippen molar-refractivity contribution in [2.45, 2.75) is 37.0 Å². The standard InChI is InChI=1S/C17H26ClN3O3S/c18-15-6-8-16(9-7-15)25(23,24)20-11-10-19-17(22)5-4-14-21-12-2-1-3-13-21/h6-9,20H,1-5,10-14H2,(H,19,22). The van der Waals surface area contributed by atoms with Gasteiger partial charge in [-0.05, 0) is 63.2 Å². The maximum atomic E-state index is 12.1. The quantitative estimate of drug-likeness (QED) is 0.635. The molecular formula is C17H26ClN3O3S. The van der Waals surface area contributed by atoms with Crippen molar-refractivity contribution in [1.82, 2.24) is 14.9 Å². The Kier molecular flexibility index (Phi) is 8.15. The molecule has 0 saturated carbocycles. The van der Waals surface area contributed by atoms with E-state index in [0.717, 1.165) is 26.1 Å². The molecule has 1 aromatic rings. The van der Waals surface area contributed by atoms with Crippen LogP contribution in [0.15, 0.2) is 29.2 Å². The van der Waals surface area contributed by atoms with Gasteiger partial charge in [-0.15, -0.1) is 0 Å². The smallest absolute Gasteiger partial charge is 0.240 e. The highest BCUT2D eigenvalue weighted by atomic mass is 35.5. The van der Waals surface area contributed by atoms with Crippen molar-refractivity contribution in [2.24, 2.45) is 0 Å². The molecule has 1 aromatic carbocycles. The first-order valence-corrected chi connectivity index (χ1v) is 10.6. The van der Waals surface area contributed by atoms with Gasteiger partial charge in [0, 0.05) is 24.5 Å². The van der Waals surface area contributed by atoms with Crippen molar-refractivity contribution >= 4 is 27.5 Å². The minimum atomic E-state index is -3.57. The lowest BCUT2D eigenvalue weighted by Gasteiger charge is -2.26. The highest BCUT2D eigenvalue weighted by Gasteiger charge is 2.13. The van der Waals surface area contributed by atoms with E-state index in [-0.39, 0.29) is 23.9 Å². The van der Waals surface area contributed by atoms with Gasteiger partial charge in [-0.3, -0.25) is 4.79 Å². The van der Waals surface area contributed by atoms with E-state index in [0.29, 0.717) is 11.4 Å². The maximum absolute atomic E-state index is 12.1. The topological polar surface area (TPSA) is 78.5 Å². The largest absolute Gasteiger partial charge is 0.355 e. The summed E-state index contributed by atoms with van der Waals surface area (Å²) in [6.45, 7) is 3.65. The fourth-order valence-electron chi connectivity index (χ4n) is 2.82. The molecule has 1 fully saturated rings. The summed E-state index contributed by atoms with van der Waals surface area (Å²) in [6.07, 6.45) is 5.12. The Morgan fingerprint density at radius 2 is 1.76 bits per heavy atom. The van der Waals surface area contributed by atoms with Crippen LogP contribution < -0.4 is 10.0 Å². The van der Waals surface area contributed by atoms with Crippen LogP contribution in [-0.2, 0) is 14.8 Å². The Labute approximate surface area is 155 Å². The molecule has 25 heavy (non-hydrogen) atoms. The first-order chi connectivity index (χ1) is 12.0. The molecule has 1 amide bonds. The summed E-state index contributed by atoms with van der Waals surface area (Å²) in [7, 11) is -3.57. The summed E-state index contributed by atoms with van der Waals surface area (Å²) in [5.74, 6) is -0.0392. The summed E-state index contributed by atoms with van der Waals surface area (Å²) in [5.41, 5.74) is 0. The number of likely N-dealkylation sites (tertiary alicyclic amines) is 1. The average Bonchev–Trinajstić information content (AvgIpc) is 2.60. The van der Waals surface area contributed by atoms with E-state index < -0.39 is 10.0 Å². The second-order valence-electron chi connectivity index (χ2n) is 6.21. The molecule has 0 aliphatic carbocycles. The average molecular weight is 388 g/mol. The number of benzene rings is 1. The Morgan fingerprint density at radius 1 is 1.08 bits per heavy atom. The predicted molar refractivity (Wildman–Crippen MR) is 99.2 cm³/mol. The van der Waals surface area contributed by atoms with Crippen molar-refractivity contribution in [3.05, 3.63) is 29.3 Å². The number of rotatable bonds is 9. The number of sulfonamides is 1. The van der Waals surface area contributed by atoms with Gasteiger partial charge in [0.25, 0.3) is 0 Å². The molecule has 8 heteroatoms. The summed E-state index contributed by atoms with van der Waals surface area (Å²) < 4.78 is 26.6. The van der Waals surface area contributed by atoms with Crippen molar-refractivity contribution in [1.29, 1.82) is 0 Å². The predicted octanol–water partition coefficient (Wildman–Crippen LogP) is 2.00. The molecule has 1 saturated heterocycles. The van der Waals surface area contributed by atoms with Crippen molar-refractivity contribution in [3.63, 3.8) is 0 Å². The van der Waals surface area contributed by atoms with Gasteiger partial charge < -0.3 is 10.2 Å². The summed E-state index contributed by atoms with van der Waals surface area (Å²) in [5, 5.41) is 3.23. The van der Waals surface area contributed by atoms with Crippen molar-refractivity contribution < 1.29 is 13.2 Å². The second-order valence-corrected chi connectivity index (χ2v) is 8.41. The van der Waals surface area contributed by atoms with Crippen LogP contribution in [-0.4, -0.2) is 51.9 Å². The van der Waals surface area contributed by atoms with Crippen LogP contribution in [0.3, 0.4) is 0 Å².